The number of nitro groups is 1. The fraction of sp³-hybridized carbons (Fsp3) is 0.182. The highest BCUT2D eigenvalue weighted by atomic mass is 19.1. The first kappa shape index (κ1) is 12.8. The van der Waals surface area contributed by atoms with E-state index in [0.717, 1.165) is 12.1 Å². The van der Waals surface area contributed by atoms with Crippen LogP contribution in [0.3, 0.4) is 0 Å². The van der Waals surface area contributed by atoms with Crippen molar-refractivity contribution in [3.63, 3.8) is 0 Å². The number of nitro benzene ring substituents is 1. The average Bonchev–Trinajstić information content (AvgIpc) is 2.26. The second-order valence-electron chi connectivity index (χ2n) is 3.57. The molecule has 0 aromatic heterocycles. The van der Waals surface area contributed by atoms with E-state index in [0.29, 0.717) is 0 Å². The summed E-state index contributed by atoms with van der Waals surface area (Å²) in [7, 11) is 3.47. The third kappa shape index (κ3) is 3.37. The Balaban J connectivity index is 3.04. The van der Waals surface area contributed by atoms with Gasteiger partial charge in [0.15, 0.2) is 5.78 Å². The maximum Gasteiger partial charge on any atom is 0.305 e. The number of ketones is 1. The Bertz CT molecular complexity index is 484. The van der Waals surface area contributed by atoms with Crippen LogP contribution < -0.4 is 0 Å². The molecule has 0 atom stereocenters. The summed E-state index contributed by atoms with van der Waals surface area (Å²) in [6.45, 7) is 0. The number of benzene rings is 1. The predicted molar refractivity (Wildman–Crippen MR) is 60.2 cm³/mol. The summed E-state index contributed by atoms with van der Waals surface area (Å²) < 4.78 is 13.0. The fourth-order valence-corrected chi connectivity index (χ4v) is 1.12. The average molecular weight is 238 g/mol. The molecule has 5 nitrogen and oxygen atoms in total. The quantitative estimate of drug-likeness (QED) is 0.348. The van der Waals surface area contributed by atoms with Crippen molar-refractivity contribution in [3.8, 4) is 0 Å². The van der Waals surface area contributed by atoms with Crippen LogP contribution in [0.1, 0.15) is 10.4 Å². The summed E-state index contributed by atoms with van der Waals surface area (Å²) in [5, 5.41) is 10.5. The van der Waals surface area contributed by atoms with E-state index < -0.39 is 22.2 Å². The van der Waals surface area contributed by atoms with E-state index in [1.165, 1.54) is 18.3 Å². The number of carbonyl (C=O) groups excluding carboxylic acids is 1. The van der Waals surface area contributed by atoms with Crippen LogP contribution in [-0.4, -0.2) is 29.7 Å². The molecule has 0 amide bonds. The summed E-state index contributed by atoms with van der Waals surface area (Å²) in [6.07, 6.45) is 2.77. The standard InChI is InChI=1S/C11H11FN2O3/c1-13(2)6-5-11(15)8-3-4-9(12)10(7-8)14(16)17/h3-7H,1-2H3/b6-5+. The molecule has 0 N–H and O–H groups in total. The molecule has 0 aliphatic heterocycles. The first-order chi connectivity index (χ1) is 7.91. The van der Waals surface area contributed by atoms with Crippen molar-refractivity contribution in [2.75, 3.05) is 14.1 Å². The Morgan fingerprint density at radius 3 is 2.65 bits per heavy atom. The minimum absolute atomic E-state index is 0.0798. The number of halogens is 1. The molecule has 6 heteroatoms. The van der Waals surface area contributed by atoms with Crippen molar-refractivity contribution in [1.82, 2.24) is 4.90 Å². The van der Waals surface area contributed by atoms with E-state index in [1.54, 1.807) is 19.0 Å². The number of nitrogens with zero attached hydrogens (tertiary/aromatic N) is 2. The molecule has 0 aliphatic rings. The van der Waals surface area contributed by atoms with Gasteiger partial charge in [-0.05, 0) is 12.1 Å². The van der Waals surface area contributed by atoms with Crippen molar-refractivity contribution >= 4 is 11.5 Å². The zero-order valence-corrected chi connectivity index (χ0v) is 9.38. The van der Waals surface area contributed by atoms with Crippen LogP contribution in [0.15, 0.2) is 30.5 Å². The lowest BCUT2D eigenvalue weighted by Gasteiger charge is -2.02. The molecule has 0 aliphatic carbocycles. The lowest BCUT2D eigenvalue weighted by molar-refractivity contribution is -0.387. The SMILES string of the molecule is CN(C)/C=C/C(=O)c1ccc(F)c([N+](=O)[O-])c1. The summed E-state index contributed by atoms with van der Waals surface area (Å²) in [5.74, 6) is -1.37. The molecule has 1 aromatic rings. The molecule has 1 rings (SSSR count). The van der Waals surface area contributed by atoms with Gasteiger partial charge in [0.2, 0.25) is 5.82 Å². The van der Waals surface area contributed by atoms with Crippen LogP contribution in [0.4, 0.5) is 10.1 Å². The predicted octanol–water partition coefficient (Wildman–Crippen LogP) is 1.99. The first-order valence-electron chi connectivity index (χ1n) is 4.74. The smallest absolute Gasteiger partial charge is 0.305 e. The van der Waals surface area contributed by atoms with Crippen LogP contribution in [-0.2, 0) is 0 Å². The van der Waals surface area contributed by atoms with Gasteiger partial charge < -0.3 is 4.90 Å². The maximum absolute atomic E-state index is 13.0. The second-order valence-corrected chi connectivity index (χ2v) is 3.57. The monoisotopic (exact) mass is 238 g/mol. The molecule has 1 aromatic carbocycles. The minimum Gasteiger partial charge on any atom is -0.383 e. The molecule has 0 radical (unpaired) electrons. The first-order valence-corrected chi connectivity index (χ1v) is 4.74. The lowest BCUT2D eigenvalue weighted by Crippen LogP contribution is -2.04. The van der Waals surface area contributed by atoms with E-state index in [1.807, 2.05) is 0 Å². The molecule has 0 spiro atoms. The Labute approximate surface area is 97.3 Å². The van der Waals surface area contributed by atoms with Crippen molar-refractivity contribution in [1.29, 1.82) is 0 Å². The van der Waals surface area contributed by atoms with E-state index in [-0.39, 0.29) is 5.56 Å². The number of hydrogen-bond donors (Lipinski definition) is 0. The van der Waals surface area contributed by atoms with Crippen molar-refractivity contribution in [2.45, 2.75) is 0 Å². The molecule has 0 heterocycles. The number of allylic oxidation sites excluding steroid dienone is 1. The number of carbonyl (C=O) groups is 1. The van der Waals surface area contributed by atoms with Crippen LogP contribution >= 0.6 is 0 Å². The van der Waals surface area contributed by atoms with E-state index in [4.69, 9.17) is 0 Å². The van der Waals surface area contributed by atoms with Gasteiger partial charge in [-0.25, -0.2) is 0 Å². The van der Waals surface area contributed by atoms with Gasteiger partial charge in [-0.15, -0.1) is 0 Å². The van der Waals surface area contributed by atoms with Gasteiger partial charge in [-0.3, -0.25) is 14.9 Å². The highest BCUT2D eigenvalue weighted by Crippen LogP contribution is 2.18. The minimum atomic E-state index is -0.955. The fourth-order valence-electron chi connectivity index (χ4n) is 1.12. The van der Waals surface area contributed by atoms with Crippen LogP contribution in [0.2, 0.25) is 0 Å². The van der Waals surface area contributed by atoms with Crippen molar-refractivity contribution in [3.05, 3.63) is 52.0 Å². The molecular formula is C11H11FN2O3. The number of rotatable bonds is 4. The third-order valence-electron chi connectivity index (χ3n) is 1.95. The van der Waals surface area contributed by atoms with Gasteiger partial charge in [-0.1, -0.05) is 0 Å². The van der Waals surface area contributed by atoms with Gasteiger partial charge in [0.05, 0.1) is 4.92 Å². The highest BCUT2D eigenvalue weighted by Gasteiger charge is 2.16. The third-order valence-corrected chi connectivity index (χ3v) is 1.95. The molecule has 0 saturated heterocycles. The number of hydrogen-bond acceptors (Lipinski definition) is 4. The zero-order chi connectivity index (χ0) is 13.0. The Hall–Kier alpha value is -2.24. The molecule has 0 unspecified atom stereocenters. The molecule has 0 bridgehead atoms. The Kier molecular flexibility index (Phi) is 3.92. The second kappa shape index (κ2) is 5.20. The summed E-state index contributed by atoms with van der Waals surface area (Å²) in [6, 6.07) is 3.05. The van der Waals surface area contributed by atoms with Gasteiger partial charge in [0, 0.05) is 38.0 Å². The Morgan fingerprint density at radius 1 is 1.47 bits per heavy atom. The van der Waals surface area contributed by atoms with E-state index in [2.05, 4.69) is 0 Å². The summed E-state index contributed by atoms with van der Waals surface area (Å²) >= 11 is 0. The van der Waals surface area contributed by atoms with Crippen LogP contribution in [0.5, 0.6) is 0 Å². The van der Waals surface area contributed by atoms with E-state index in [9.17, 15) is 19.3 Å². The molecule has 17 heavy (non-hydrogen) atoms. The molecule has 90 valence electrons. The van der Waals surface area contributed by atoms with Crippen molar-refractivity contribution < 1.29 is 14.1 Å². The highest BCUT2D eigenvalue weighted by molar-refractivity contribution is 6.04. The maximum atomic E-state index is 13.0. The Morgan fingerprint density at radius 2 is 2.12 bits per heavy atom. The van der Waals surface area contributed by atoms with Crippen LogP contribution in [0, 0.1) is 15.9 Å². The topological polar surface area (TPSA) is 63.5 Å². The van der Waals surface area contributed by atoms with Gasteiger partial charge in [-0.2, -0.15) is 4.39 Å². The molecule has 0 fully saturated rings. The van der Waals surface area contributed by atoms with Gasteiger partial charge >= 0.3 is 5.69 Å². The van der Waals surface area contributed by atoms with E-state index >= 15 is 0 Å². The summed E-state index contributed by atoms with van der Waals surface area (Å²) in [4.78, 5) is 22.9. The normalized spacial score (nSPS) is 10.5. The van der Waals surface area contributed by atoms with Crippen molar-refractivity contribution in [2.24, 2.45) is 0 Å². The summed E-state index contributed by atoms with van der Waals surface area (Å²) in [5.41, 5.74) is -0.620. The lowest BCUT2D eigenvalue weighted by atomic mass is 10.1. The zero-order valence-electron chi connectivity index (χ0n) is 9.38. The largest absolute Gasteiger partial charge is 0.383 e. The van der Waals surface area contributed by atoms with Gasteiger partial charge in [0.25, 0.3) is 0 Å². The van der Waals surface area contributed by atoms with Crippen LogP contribution in [0.25, 0.3) is 0 Å². The molecular weight excluding hydrogens is 227 g/mol. The van der Waals surface area contributed by atoms with Gasteiger partial charge in [0.1, 0.15) is 0 Å². The molecule has 0 saturated carbocycles.